The van der Waals surface area contributed by atoms with E-state index in [-0.39, 0.29) is 30.5 Å². The number of benzene rings is 2. The summed E-state index contributed by atoms with van der Waals surface area (Å²) in [5.41, 5.74) is 3.24. The Morgan fingerprint density at radius 1 is 0.867 bits per heavy atom. The van der Waals surface area contributed by atoms with Gasteiger partial charge in [0.15, 0.2) is 0 Å². The zero-order chi connectivity index (χ0) is 31.3. The average Bonchev–Trinajstić information content (AvgIpc) is 3.35. The number of imidazole rings is 1. The van der Waals surface area contributed by atoms with E-state index in [1.165, 1.54) is 24.3 Å². The maximum atomic E-state index is 14.1. The van der Waals surface area contributed by atoms with E-state index in [2.05, 4.69) is 21.2 Å². The van der Waals surface area contributed by atoms with Crippen LogP contribution in [-0.2, 0) is 34.0 Å². The van der Waals surface area contributed by atoms with Crippen LogP contribution in [0.15, 0.2) is 47.3 Å². The van der Waals surface area contributed by atoms with Crippen LogP contribution in [0.3, 0.4) is 0 Å². The number of para-hydroxylation sites is 1. The van der Waals surface area contributed by atoms with E-state index in [0.29, 0.717) is 25.3 Å². The van der Waals surface area contributed by atoms with Crippen LogP contribution in [0.25, 0.3) is 11.0 Å². The number of piperidine rings is 2. The maximum Gasteiger partial charge on any atom is 0.329 e. The van der Waals surface area contributed by atoms with Gasteiger partial charge in [-0.15, -0.1) is 0 Å². The third-order valence-corrected chi connectivity index (χ3v) is 9.71. The van der Waals surface area contributed by atoms with Crippen molar-refractivity contribution in [1.82, 2.24) is 29.2 Å². The highest BCUT2D eigenvalue weighted by molar-refractivity contribution is 6.00. The van der Waals surface area contributed by atoms with Gasteiger partial charge >= 0.3 is 5.69 Å². The van der Waals surface area contributed by atoms with Crippen molar-refractivity contribution in [3.8, 4) is 5.75 Å². The highest BCUT2D eigenvalue weighted by atomic mass is 16.5. The molecule has 2 aromatic carbocycles. The molecule has 11 nitrogen and oxygen atoms in total. The molecule has 0 spiro atoms. The van der Waals surface area contributed by atoms with Gasteiger partial charge in [0, 0.05) is 52.8 Å². The molecule has 1 aromatic heterocycles. The number of amides is 2. The summed E-state index contributed by atoms with van der Waals surface area (Å²) >= 11 is 0. The summed E-state index contributed by atoms with van der Waals surface area (Å²) < 4.78 is 14.0. The molecular weight excluding hydrogens is 572 g/mol. The van der Waals surface area contributed by atoms with Crippen molar-refractivity contribution in [1.29, 1.82) is 0 Å². The fourth-order valence-corrected chi connectivity index (χ4v) is 7.17. The van der Waals surface area contributed by atoms with E-state index in [1.54, 1.807) is 23.4 Å². The number of aromatic nitrogens is 2. The summed E-state index contributed by atoms with van der Waals surface area (Å²) in [4.78, 5) is 47.4. The van der Waals surface area contributed by atoms with E-state index in [9.17, 15) is 14.4 Å². The summed E-state index contributed by atoms with van der Waals surface area (Å²) in [6, 6.07) is 12.6. The summed E-state index contributed by atoms with van der Waals surface area (Å²) in [7, 11) is 3.22. The fraction of sp³-hybridized carbons (Fsp3) is 0.559. The maximum absolute atomic E-state index is 14.1. The Morgan fingerprint density at radius 2 is 1.60 bits per heavy atom. The first-order chi connectivity index (χ1) is 22.0. The molecule has 0 saturated carbocycles. The van der Waals surface area contributed by atoms with Crippen LogP contribution in [0.2, 0.25) is 0 Å². The Morgan fingerprint density at radius 3 is 2.31 bits per heavy atom. The van der Waals surface area contributed by atoms with Gasteiger partial charge in [-0.05, 0) is 67.6 Å². The van der Waals surface area contributed by atoms with E-state index >= 15 is 0 Å². The molecule has 0 aliphatic carbocycles. The molecule has 3 aromatic rings. The first kappa shape index (κ1) is 31.5. The van der Waals surface area contributed by atoms with E-state index in [0.717, 1.165) is 73.9 Å². The molecule has 3 aliphatic rings. The Kier molecular flexibility index (Phi) is 9.99. The minimum atomic E-state index is -0.756. The molecule has 0 radical (unpaired) electrons. The fourth-order valence-electron chi connectivity index (χ4n) is 7.17. The van der Waals surface area contributed by atoms with Crippen LogP contribution in [0.5, 0.6) is 5.75 Å². The third-order valence-electron chi connectivity index (χ3n) is 9.71. The molecular formula is C34H46N6O5. The van der Waals surface area contributed by atoms with Crippen molar-refractivity contribution in [3.05, 3.63) is 64.1 Å². The largest absolute Gasteiger partial charge is 0.497 e. The molecule has 1 N–H and O–H groups in total. The number of hydrogen-bond acceptors (Lipinski definition) is 8. The van der Waals surface area contributed by atoms with Crippen molar-refractivity contribution in [2.75, 3.05) is 66.6 Å². The average molecular weight is 619 g/mol. The number of nitrogens with one attached hydrogen (secondary N) is 1. The number of rotatable bonds is 11. The van der Waals surface area contributed by atoms with Gasteiger partial charge < -0.3 is 19.7 Å². The van der Waals surface area contributed by atoms with Gasteiger partial charge in [-0.1, -0.05) is 24.3 Å². The van der Waals surface area contributed by atoms with Crippen LogP contribution in [-0.4, -0.2) is 102 Å². The number of hydrogen-bond donors (Lipinski definition) is 1. The number of carbonyl (C=O) groups excluding carboxylic acids is 2. The van der Waals surface area contributed by atoms with Crippen LogP contribution in [0.4, 0.5) is 0 Å². The first-order valence-corrected chi connectivity index (χ1v) is 16.3. The summed E-state index contributed by atoms with van der Waals surface area (Å²) in [6.45, 7) is 9.14. The van der Waals surface area contributed by atoms with E-state index in [4.69, 9.17) is 9.47 Å². The summed E-state index contributed by atoms with van der Waals surface area (Å²) in [5.74, 6) is 0.929. The highest BCUT2D eigenvalue weighted by Crippen LogP contribution is 2.30. The van der Waals surface area contributed by atoms with Crippen molar-refractivity contribution in [2.24, 2.45) is 5.92 Å². The standard InChI is InChI=1S/C34H46N6O5/c1-44-21-20-38-32-27(24-37-18-16-36(17-19-37)22-26-12-14-35-15-13-26)4-3-5-29(32)40(34(38)43)30-10-11-31(41)39(33(30)42)23-25-6-8-28(45-2)9-7-25/h3-9,26,30,35H,10-24H2,1-2H3. The number of fused-ring (bicyclic) bond motifs is 1. The molecule has 0 bridgehead atoms. The van der Waals surface area contributed by atoms with Gasteiger partial charge in [0.1, 0.15) is 11.8 Å². The zero-order valence-electron chi connectivity index (χ0n) is 26.6. The normalized spacial score (nSPS) is 20.8. The molecule has 45 heavy (non-hydrogen) atoms. The smallest absolute Gasteiger partial charge is 0.329 e. The number of carbonyl (C=O) groups is 2. The number of imide groups is 1. The summed E-state index contributed by atoms with van der Waals surface area (Å²) in [5, 5.41) is 3.46. The lowest BCUT2D eigenvalue weighted by Gasteiger charge is -2.37. The second-order valence-electron chi connectivity index (χ2n) is 12.6. The second kappa shape index (κ2) is 14.3. The highest BCUT2D eigenvalue weighted by Gasteiger charge is 2.38. The van der Waals surface area contributed by atoms with E-state index in [1.807, 2.05) is 36.4 Å². The van der Waals surface area contributed by atoms with Gasteiger partial charge in [0.05, 0.1) is 37.8 Å². The number of nitrogens with zero attached hydrogens (tertiary/aromatic N) is 5. The molecule has 3 fully saturated rings. The molecule has 11 heteroatoms. The monoisotopic (exact) mass is 618 g/mol. The molecule has 6 rings (SSSR count). The van der Waals surface area contributed by atoms with Gasteiger partial charge in [-0.25, -0.2) is 4.79 Å². The Bertz CT molecular complexity index is 1530. The topological polar surface area (TPSA) is 101 Å². The lowest BCUT2D eigenvalue weighted by molar-refractivity contribution is -0.151. The second-order valence-corrected chi connectivity index (χ2v) is 12.6. The lowest BCUT2D eigenvalue weighted by atomic mass is 9.97. The molecule has 3 saturated heterocycles. The number of likely N-dealkylation sites (tertiary alicyclic amines) is 1. The minimum Gasteiger partial charge on any atom is -0.497 e. The number of piperazine rings is 1. The van der Waals surface area contributed by atoms with E-state index < -0.39 is 6.04 Å². The van der Waals surface area contributed by atoms with Crippen LogP contribution >= 0.6 is 0 Å². The molecule has 3 aliphatic heterocycles. The molecule has 242 valence electrons. The SMILES string of the molecule is COCCn1c(=O)n(C2CCC(=O)N(Cc3ccc(OC)cc3)C2=O)c2cccc(CN3CCN(CC4CCNCC4)CC3)c21. The third kappa shape index (κ3) is 6.86. The molecule has 1 unspecified atom stereocenters. The summed E-state index contributed by atoms with van der Waals surface area (Å²) in [6.07, 6.45) is 3.01. The molecule has 1 atom stereocenters. The van der Waals surface area contributed by atoms with Crippen molar-refractivity contribution < 1.29 is 19.1 Å². The first-order valence-electron chi connectivity index (χ1n) is 16.3. The van der Waals surface area contributed by atoms with Gasteiger partial charge in [-0.2, -0.15) is 0 Å². The van der Waals surface area contributed by atoms with Crippen molar-refractivity contribution in [3.63, 3.8) is 0 Å². The quantitative estimate of drug-likeness (QED) is 0.327. The number of ether oxygens (including phenoxy) is 2. The van der Waals surface area contributed by atoms with Gasteiger partial charge in [0.25, 0.3) is 5.91 Å². The number of methoxy groups -OCH3 is 2. The van der Waals surface area contributed by atoms with Crippen molar-refractivity contribution in [2.45, 2.75) is 51.4 Å². The predicted octanol–water partition coefficient (Wildman–Crippen LogP) is 2.47. The van der Waals surface area contributed by atoms with Gasteiger partial charge in [-0.3, -0.25) is 28.5 Å². The van der Waals surface area contributed by atoms with Crippen LogP contribution < -0.4 is 15.7 Å². The zero-order valence-corrected chi connectivity index (χ0v) is 26.6. The minimum absolute atomic E-state index is 0.157. The van der Waals surface area contributed by atoms with Crippen LogP contribution in [0.1, 0.15) is 42.9 Å². The molecule has 2 amide bonds. The Hall–Kier alpha value is -3.51. The molecule has 4 heterocycles. The van der Waals surface area contributed by atoms with Crippen LogP contribution in [0, 0.1) is 5.92 Å². The lowest BCUT2D eigenvalue weighted by Crippen LogP contribution is -2.48. The Balaban J connectivity index is 1.24. The van der Waals surface area contributed by atoms with Gasteiger partial charge in [0.2, 0.25) is 5.91 Å². The Labute approximate surface area is 264 Å². The van der Waals surface area contributed by atoms with Crippen molar-refractivity contribution >= 4 is 22.8 Å². The predicted molar refractivity (Wildman–Crippen MR) is 172 cm³/mol.